The number of hydrogen-bond donors (Lipinski definition) is 1. The number of carbonyl (C=O) groups excluding carboxylic acids is 1. The molecule has 1 amide bonds. The summed E-state index contributed by atoms with van der Waals surface area (Å²) < 4.78 is 3.49. The van der Waals surface area contributed by atoms with Gasteiger partial charge in [-0.1, -0.05) is 73.3 Å². The van der Waals surface area contributed by atoms with Crippen LogP contribution in [0.4, 0.5) is 5.69 Å². The average Bonchev–Trinajstić information content (AvgIpc) is 3.30. The van der Waals surface area contributed by atoms with Crippen molar-refractivity contribution in [2.24, 2.45) is 0 Å². The SMILES string of the molecule is CCc1cccc(NC(=O)CSc2nnc3n(Cc4ccccc4)c(=O)c4ccccc4n23)c1. The van der Waals surface area contributed by atoms with Crippen molar-refractivity contribution in [3.63, 3.8) is 0 Å². The van der Waals surface area contributed by atoms with Crippen molar-refractivity contribution < 1.29 is 4.79 Å². The van der Waals surface area contributed by atoms with Crippen LogP contribution in [0.2, 0.25) is 0 Å². The Balaban J connectivity index is 1.47. The molecule has 0 aliphatic rings. The number of amides is 1. The lowest BCUT2D eigenvalue weighted by Crippen LogP contribution is -2.24. The zero-order valence-electron chi connectivity index (χ0n) is 18.6. The molecule has 2 aromatic heterocycles. The minimum atomic E-state index is -0.128. The predicted molar refractivity (Wildman–Crippen MR) is 135 cm³/mol. The Morgan fingerprint density at radius 1 is 0.941 bits per heavy atom. The highest BCUT2D eigenvalue weighted by Crippen LogP contribution is 2.22. The number of hydrogen-bond acceptors (Lipinski definition) is 5. The van der Waals surface area contributed by atoms with Gasteiger partial charge < -0.3 is 5.32 Å². The molecule has 0 fully saturated rings. The number of anilines is 1. The molecule has 0 spiro atoms. The molecule has 1 N–H and O–H groups in total. The molecule has 0 saturated heterocycles. The molecule has 0 aliphatic heterocycles. The van der Waals surface area contributed by atoms with Crippen LogP contribution in [0.15, 0.2) is 88.8 Å². The van der Waals surface area contributed by atoms with Gasteiger partial charge in [-0.2, -0.15) is 0 Å². The van der Waals surface area contributed by atoms with Gasteiger partial charge >= 0.3 is 0 Å². The average molecular weight is 470 g/mol. The monoisotopic (exact) mass is 469 g/mol. The quantitative estimate of drug-likeness (QED) is 0.358. The fourth-order valence-corrected chi connectivity index (χ4v) is 4.67. The molecule has 7 nitrogen and oxygen atoms in total. The van der Waals surface area contributed by atoms with E-state index >= 15 is 0 Å². The second-order valence-electron chi connectivity index (χ2n) is 7.90. The molecule has 0 radical (unpaired) electrons. The van der Waals surface area contributed by atoms with Gasteiger partial charge in [-0.15, -0.1) is 10.2 Å². The molecular weight excluding hydrogens is 446 g/mol. The molecule has 34 heavy (non-hydrogen) atoms. The molecule has 0 atom stereocenters. The Morgan fingerprint density at radius 2 is 1.71 bits per heavy atom. The van der Waals surface area contributed by atoms with Crippen LogP contribution in [0.3, 0.4) is 0 Å². The number of nitrogens with zero attached hydrogens (tertiary/aromatic N) is 4. The van der Waals surface area contributed by atoms with Gasteiger partial charge in [-0.25, -0.2) is 0 Å². The van der Waals surface area contributed by atoms with Gasteiger partial charge in [0.15, 0.2) is 5.16 Å². The molecule has 0 aliphatic carbocycles. The van der Waals surface area contributed by atoms with Crippen LogP contribution in [0.1, 0.15) is 18.1 Å². The Kier molecular flexibility index (Phi) is 6.14. The number of carbonyl (C=O) groups is 1. The summed E-state index contributed by atoms with van der Waals surface area (Å²) >= 11 is 1.29. The van der Waals surface area contributed by atoms with Gasteiger partial charge in [0.05, 0.1) is 23.2 Å². The second-order valence-corrected chi connectivity index (χ2v) is 8.85. The largest absolute Gasteiger partial charge is 0.325 e. The van der Waals surface area contributed by atoms with E-state index in [1.807, 2.05) is 77.2 Å². The number of aromatic nitrogens is 4. The lowest BCUT2D eigenvalue weighted by atomic mass is 10.1. The van der Waals surface area contributed by atoms with Gasteiger partial charge in [0.25, 0.3) is 5.56 Å². The summed E-state index contributed by atoms with van der Waals surface area (Å²) in [6, 6.07) is 25.0. The normalized spacial score (nSPS) is 11.2. The number of fused-ring (bicyclic) bond motifs is 3. The zero-order chi connectivity index (χ0) is 23.5. The van der Waals surface area contributed by atoms with E-state index in [2.05, 4.69) is 22.4 Å². The van der Waals surface area contributed by atoms with Gasteiger partial charge in [0.1, 0.15) is 0 Å². The summed E-state index contributed by atoms with van der Waals surface area (Å²) in [4.78, 5) is 25.9. The zero-order valence-corrected chi connectivity index (χ0v) is 19.5. The highest BCUT2D eigenvalue weighted by Gasteiger charge is 2.18. The first-order chi connectivity index (χ1) is 16.6. The van der Waals surface area contributed by atoms with Crippen molar-refractivity contribution in [3.05, 3.63) is 100 Å². The second kappa shape index (κ2) is 9.52. The maximum Gasteiger partial charge on any atom is 0.263 e. The standard InChI is InChI=1S/C26H23N5O2S/c1-2-18-11-8-12-20(15-18)27-23(32)17-34-26-29-28-25-30(16-19-9-4-3-5-10-19)24(33)21-13-6-7-14-22(21)31(25)26/h3-15H,2,16-17H2,1H3,(H,27,32). The summed E-state index contributed by atoms with van der Waals surface area (Å²) in [5.74, 6) is 0.492. The first-order valence-electron chi connectivity index (χ1n) is 11.1. The molecule has 170 valence electrons. The third kappa shape index (κ3) is 4.32. The van der Waals surface area contributed by atoms with Crippen molar-refractivity contribution >= 4 is 40.0 Å². The molecule has 3 aromatic carbocycles. The van der Waals surface area contributed by atoms with Crippen molar-refractivity contribution in [1.29, 1.82) is 0 Å². The number of benzene rings is 3. The molecule has 5 rings (SSSR count). The smallest absolute Gasteiger partial charge is 0.263 e. The minimum absolute atomic E-state index is 0.121. The first kappa shape index (κ1) is 21.9. The first-order valence-corrected chi connectivity index (χ1v) is 12.0. The predicted octanol–water partition coefficient (Wildman–Crippen LogP) is 4.39. The molecule has 0 bridgehead atoms. The van der Waals surface area contributed by atoms with E-state index < -0.39 is 0 Å². The summed E-state index contributed by atoms with van der Waals surface area (Å²) in [7, 11) is 0. The van der Waals surface area contributed by atoms with Crippen LogP contribution < -0.4 is 10.9 Å². The maximum atomic E-state index is 13.3. The highest BCUT2D eigenvalue weighted by atomic mass is 32.2. The maximum absolute atomic E-state index is 13.3. The molecule has 0 unspecified atom stereocenters. The van der Waals surface area contributed by atoms with E-state index in [9.17, 15) is 9.59 Å². The Morgan fingerprint density at radius 3 is 2.53 bits per heavy atom. The minimum Gasteiger partial charge on any atom is -0.325 e. The van der Waals surface area contributed by atoms with E-state index in [0.717, 1.165) is 28.8 Å². The van der Waals surface area contributed by atoms with E-state index in [4.69, 9.17) is 0 Å². The molecule has 2 heterocycles. The molecule has 0 saturated carbocycles. The van der Waals surface area contributed by atoms with Crippen molar-refractivity contribution in [2.45, 2.75) is 25.0 Å². The number of nitrogens with one attached hydrogen (secondary N) is 1. The van der Waals surface area contributed by atoms with Crippen molar-refractivity contribution in [2.75, 3.05) is 11.1 Å². The summed E-state index contributed by atoms with van der Waals surface area (Å²) in [5.41, 5.74) is 3.53. The summed E-state index contributed by atoms with van der Waals surface area (Å²) in [6.45, 7) is 2.46. The van der Waals surface area contributed by atoms with Crippen molar-refractivity contribution in [3.8, 4) is 0 Å². The lowest BCUT2D eigenvalue weighted by Gasteiger charge is -2.11. The Labute approximate surface area is 200 Å². The van der Waals surface area contributed by atoms with Crippen LogP contribution in [0.5, 0.6) is 0 Å². The Hall–Kier alpha value is -3.91. The summed E-state index contributed by atoms with van der Waals surface area (Å²) in [5, 5.41) is 12.7. The highest BCUT2D eigenvalue weighted by molar-refractivity contribution is 7.99. The van der Waals surface area contributed by atoms with Crippen LogP contribution in [0.25, 0.3) is 16.7 Å². The van der Waals surface area contributed by atoms with Crippen LogP contribution in [0, 0.1) is 0 Å². The fraction of sp³-hybridized carbons (Fsp3) is 0.154. The van der Waals surface area contributed by atoms with E-state index in [0.29, 0.717) is 22.9 Å². The van der Waals surface area contributed by atoms with Gasteiger partial charge in [-0.3, -0.25) is 18.6 Å². The molecular formula is C26H23N5O2S. The third-order valence-electron chi connectivity index (χ3n) is 5.61. The van der Waals surface area contributed by atoms with E-state index in [1.54, 1.807) is 10.6 Å². The number of thioether (sulfide) groups is 1. The van der Waals surface area contributed by atoms with Gasteiger partial charge in [-0.05, 0) is 41.8 Å². The van der Waals surface area contributed by atoms with Crippen molar-refractivity contribution in [1.82, 2.24) is 19.2 Å². The lowest BCUT2D eigenvalue weighted by molar-refractivity contribution is -0.113. The van der Waals surface area contributed by atoms with Crippen LogP contribution >= 0.6 is 11.8 Å². The van der Waals surface area contributed by atoms with Gasteiger partial charge in [0, 0.05) is 5.69 Å². The number of rotatable bonds is 7. The van der Waals surface area contributed by atoms with E-state index in [1.165, 1.54) is 11.8 Å². The van der Waals surface area contributed by atoms with E-state index in [-0.39, 0.29) is 17.2 Å². The topological polar surface area (TPSA) is 81.3 Å². The van der Waals surface area contributed by atoms with Crippen LogP contribution in [-0.4, -0.2) is 30.8 Å². The summed E-state index contributed by atoms with van der Waals surface area (Å²) in [6.07, 6.45) is 0.905. The number of aryl methyl sites for hydroxylation is 1. The Bertz CT molecular complexity index is 1540. The molecule has 8 heteroatoms. The van der Waals surface area contributed by atoms with Gasteiger partial charge in [0.2, 0.25) is 11.7 Å². The van der Waals surface area contributed by atoms with Crippen LogP contribution in [-0.2, 0) is 17.8 Å². The fourth-order valence-electron chi connectivity index (χ4n) is 3.93. The molecule has 5 aromatic rings. The number of para-hydroxylation sites is 1. The third-order valence-corrected chi connectivity index (χ3v) is 6.54.